The molecular formula is C14H14N4O4. The zero-order chi connectivity index (χ0) is 15.9. The molecule has 0 aliphatic carbocycles. The van der Waals surface area contributed by atoms with E-state index in [0.29, 0.717) is 17.1 Å². The van der Waals surface area contributed by atoms with Gasteiger partial charge in [0.25, 0.3) is 11.5 Å². The lowest BCUT2D eigenvalue weighted by molar-refractivity contribution is 0.0949. The minimum atomic E-state index is -0.547. The number of nitrogens with one attached hydrogen (secondary N) is 2. The van der Waals surface area contributed by atoms with Crippen molar-refractivity contribution in [2.24, 2.45) is 5.10 Å². The molecule has 8 nitrogen and oxygen atoms in total. The second kappa shape index (κ2) is 7.02. The summed E-state index contributed by atoms with van der Waals surface area (Å²) in [6, 6.07) is 7.70. The van der Waals surface area contributed by atoms with Crippen LogP contribution in [0.25, 0.3) is 0 Å². The Morgan fingerprint density at radius 3 is 2.73 bits per heavy atom. The molecule has 2 aromatic rings. The van der Waals surface area contributed by atoms with Crippen molar-refractivity contribution in [3.05, 3.63) is 51.9 Å². The van der Waals surface area contributed by atoms with Crippen molar-refractivity contribution in [3.63, 3.8) is 0 Å². The van der Waals surface area contributed by atoms with Crippen molar-refractivity contribution >= 4 is 12.1 Å². The molecule has 8 heteroatoms. The molecule has 114 valence electrons. The summed E-state index contributed by atoms with van der Waals surface area (Å²) in [7, 11) is 3.08. The zero-order valence-electron chi connectivity index (χ0n) is 12.0. The van der Waals surface area contributed by atoms with Gasteiger partial charge in [-0.15, -0.1) is 0 Å². The average Bonchev–Trinajstić information content (AvgIpc) is 2.55. The molecular weight excluding hydrogens is 288 g/mol. The highest BCUT2D eigenvalue weighted by Crippen LogP contribution is 2.22. The highest BCUT2D eigenvalue weighted by Gasteiger charge is 2.06. The Morgan fingerprint density at radius 2 is 2.09 bits per heavy atom. The number of rotatable bonds is 5. The third-order valence-corrected chi connectivity index (χ3v) is 2.72. The maximum absolute atomic E-state index is 11.8. The van der Waals surface area contributed by atoms with Gasteiger partial charge in [0.05, 0.1) is 20.4 Å². The summed E-state index contributed by atoms with van der Waals surface area (Å²) in [5.41, 5.74) is 2.60. The minimum absolute atomic E-state index is 0.0503. The van der Waals surface area contributed by atoms with Crippen LogP contribution >= 0.6 is 0 Å². The maximum atomic E-state index is 11.8. The third kappa shape index (κ3) is 3.69. The van der Waals surface area contributed by atoms with E-state index < -0.39 is 5.91 Å². The second-order valence-electron chi connectivity index (χ2n) is 4.11. The Bertz CT molecular complexity index is 734. The molecule has 22 heavy (non-hydrogen) atoms. The van der Waals surface area contributed by atoms with Crippen molar-refractivity contribution in [3.8, 4) is 11.5 Å². The number of benzene rings is 1. The Labute approximate surface area is 125 Å². The molecule has 1 amide bonds. The van der Waals surface area contributed by atoms with E-state index in [-0.39, 0.29) is 11.3 Å². The van der Waals surface area contributed by atoms with Crippen LogP contribution in [0.4, 0.5) is 0 Å². The molecule has 0 fully saturated rings. The van der Waals surface area contributed by atoms with Gasteiger partial charge in [-0.1, -0.05) is 0 Å². The van der Waals surface area contributed by atoms with Crippen LogP contribution in [0.1, 0.15) is 16.1 Å². The lowest BCUT2D eigenvalue weighted by atomic mass is 10.2. The van der Waals surface area contributed by atoms with E-state index in [9.17, 15) is 9.59 Å². The normalized spacial score (nSPS) is 10.5. The number of aromatic amines is 1. The lowest BCUT2D eigenvalue weighted by Gasteiger charge is -2.06. The van der Waals surface area contributed by atoms with Crippen LogP contribution in [-0.4, -0.2) is 36.5 Å². The molecule has 0 radical (unpaired) electrons. The van der Waals surface area contributed by atoms with Gasteiger partial charge in [0.15, 0.2) is 5.69 Å². The molecule has 0 aliphatic heterocycles. The first-order valence-corrected chi connectivity index (χ1v) is 6.25. The number of methoxy groups -OCH3 is 2. The monoisotopic (exact) mass is 302 g/mol. The number of H-pyrrole nitrogens is 1. The summed E-state index contributed by atoms with van der Waals surface area (Å²) in [6.45, 7) is 0. The summed E-state index contributed by atoms with van der Waals surface area (Å²) in [5.74, 6) is 0.672. The number of hydrazone groups is 1. The van der Waals surface area contributed by atoms with Gasteiger partial charge in [-0.2, -0.15) is 10.2 Å². The number of ether oxygens (including phenoxy) is 2. The third-order valence-electron chi connectivity index (χ3n) is 2.72. The van der Waals surface area contributed by atoms with Crippen molar-refractivity contribution in [1.29, 1.82) is 0 Å². The number of hydrogen-bond donors (Lipinski definition) is 2. The Morgan fingerprint density at radius 1 is 1.27 bits per heavy atom. The molecule has 0 unspecified atom stereocenters. The zero-order valence-corrected chi connectivity index (χ0v) is 12.0. The first-order chi connectivity index (χ1) is 10.6. The summed E-state index contributed by atoms with van der Waals surface area (Å²) in [5, 5.41) is 9.60. The summed E-state index contributed by atoms with van der Waals surface area (Å²) >= 11 is 0. The molecule has 2 rings (SSSR count). The van der Waals surface area contributed by atoms with E-state index >= 15 is 0 Å². The van der Waals surface area contributed by atoms with E-state index in [1.165, 1.54) is 25.5 Å². The van der Waals surface area contributed by atoms with Crippen molar-refractivity contribution < 1.29 is 14.3 Å². The minimum Gasteiger partial charge on any atom is -0.497 e. The van der Waals surface area contributed by atoms with Crippen molar-refractivity contribution in [2.75, 3.05) is 14.2 Å². The molecule has 2 N–H and O–H groups in total. The Hall–Kier alpha value is -3.16. The summed E-state index contributed by atoms with van der Waals surface area (Å²) in [4.78, 5) is 22.6. The molecule has 0 saturated heterocycles. The van der Waals surface area contributed by atoms with Crippen LogP contribution in [-0.2, 0) is 0 Å². The van der Waals surface area contributed by atoms with Gasteiger partial charge in [-0.3, -0.25) is 9.59 Å². The predicted octanol–water partition coefficient (Wildman–Crippen LogP) is 0.551. The first kappa shape index (κ1) is 15.2. The first-order valence-electron chi connectivity index (χ1n) is 6.25. The molecule has 0 spiro atoms. The van der Waals surface area contributed by atoms with Crippen LogP contribution in [0.15, 0.2) is 40.2 Å². The molecule has 0 saturated carbocycles. The van der Waals surface area contributed by atoms with Gasteiger partial charge in [0.1, 0.15) is 11.5 Å². The number of nitrogens with zero attached hydrogens (tertiary/aromatic N) is 2. The molecule has 0 aliphatic rings. The van der Waals surface area contributed by atoms with E-state index in [2.05, 4.69) is 20.7 Å². The quantitative estimate of drug-likeness (QED) is 0.620. The fraction of sp³-hybridized carbons (Fsp3) is 0.143. The van der Waals surface area contributed by atoms with Gasteiger partial charge >= 0.3 is 0 Å². The number of aromatic nitrogens is 2. The van der Waals surface area contributed by atoms with E-state index in [4.69, 9.17) is 9.47 Å². The topological polar surface area (TPSA) is 106 Å². The molecule has 1 heterocycles. The molecule has 1 aromatic heterocycles. The SMILES string of the molecule is COc1ccc(OC)c(/C=N\NC(=O)c2ccc(=O)[nH]n2)c1. The van der Waals surface area contributed by atoms with Crippen LogP contribution < -0.4 is 20.5 Å². The second-order valence-corrected chi connectivity index (χ2v) is 4.11. The smallest absolute Gasteiger partial charge is 0.291 e. The number of carbonyl (C=O) groups is 1. The molecule has 0 bridgehead atoms. The van der Waals surface area contributed by atoms with Gasteiger partial charge in [-0.05, 0) is 24.3 Å². The van der Waals surface area contributed by atoms with E-state index in [1.807, 2.05) is 0 Å². The fourth-order valence-electron chi connectivity index (χ4n) is 1.63. The van der Waals surface area contributed by atoms with Gasteiger partial charge in [0, 0.05) is 11.6 Å². The average molecular weight is 302 g/mol. The largest absolute Gasteiger partial charge is 0.497 e. The Kier molecular flexibility index (Phi) is 4.86. The number of hydrogen-bond acceptors (Lipinski definition) is 6. The molecule has 1 aromatic carbocycles. The summed E-state index contributed by atoms with van der Waals surface area (Å²) in [6.07, 6.45) is 1.42. The number of carbonyl (C=O) groups excluding carboxylic acids is 1. The fourth-order valence-corrected chi connectivity index (χ4v) is 1.63. The lowest BCUT2D eigenvalue weighted by Crippen LogP contribution is -2.21. The standard InChI is InChI=1S/C14H14N4O4/c1-21-10-3-5-12(22-2)9(7-10)8-15-18-14(20)11-4-6-13(19)17-16-11/h3-8H,1-2H3,(H,17,19)(H,18,20)/b15-8-. The van der Waals surface area contributed by atoms with E-state index in [0.717, 1.165) is 0 Å². The summed E-state index contributed by atoms with van der Waals surface area (Å²) < 4.78 is 10.3. The van der Waals surface area contributed by atoms with Crippen LogP contribution in [0.2, 0.25) is 0 Å². The highest BCUT2D eigenvalue weighted by molar-refractivity contribution is 5.93. The van der Waals surface area contributed by atoms with Crippen LogP contribution in [0.3, 0.4) is 0 Å². The van der Waals surface area contributed by atoms with Gasteiger partial charge < -0.3 is 9.47 Å². The Balaban J connectivity index is 2.10. The molecule has 0 atom stereocenters. The predicted molar refractivity (Wildman–Crippen MR) is 79.5 cm³/mol. The maximum Gasteiger partial charge on any atom is 0.291 e. The van der Waals surface area contributed by atoms with Crippen LogP contribution in [0.5, 0.6) is 11.5 Å². The number of amides is 1. The van der Waals surface area contributed by atoms with Gasteiger partial charge in [0.2, 0.25) is 0 Å². The van der Waals surface area contributed by atoms with Gasteiger partial charge in [-0.25, -0.2) is 10.5 Å². The van der Waals surface area contributed by atoms with Crippen LogP contribution in [0, 0.1) is 0 Å². The van der Waals surface area contributed by atoms with E-state index in [1.54, 1.807) is 25.3 Å². The van der Waals surface area contributed by atoms with Crippen molar-refractivity contribution in [2.45, 2.75) is 0 Å². The highest BCUT2D eigenvalue weighted by atomic mass is 16.5. The van der Waals surface area contributed by atoms with Crippen molar-refractivity contribution in [1.82, 2.24) is 15.6 Å².